The molecule has 1 fully saturated rings. The molecule has 0 aliphatic carbocycles. The molecule has 1 amide bonds. The van der Waals surface area contributed by atoms with Crippen molar-refractivity contribution in [2.45, 2.75) is 19.0 Å². The highest BCUT2D eigenvalue weighted by atomic mass is 32.2. The summed E-state index contributed by atoms with van der Waals surface area (Å²) in [5, 5.41) is 0. The number of anilines is 1. The highest BCUT2D eigenvalue weighted by Gasteiger charge is 2.31. The molecule has 3 rings (SSSR count). The van der Waals surface area contributed by atoms with E-state index in [0.29, 0.717) is 18.7 Å². The monoisotopic (exact) mass is 373 g/mol. The average molecular weight is 373 g/mol. The SMILES string of the molecule is CN(Cc1ccccc1)C(=O)c1cc(N(C)C2CCS(=O)(=O)C2)ccn1. The second-order valence-corrected chi connectivity index (χ2v) is 8.94. The van der Waals surface area contributed by atoms with Crippen molar-refractivity contribution in [1.82, 2.24) is 9.88 Å². The molecule has 26 heavy (non-hydrogen) atoms. The molecule has 0 spiro atoms. The van der Waals surface area contributed by atoms with Gasteiger partial charge in [-0.15, -0.1) is 0 Å². The maximum atomic E-state index is 12.7. The molecule has 2 aromatic rings. The minimum absolute atomic E-state index is 0.0626. The molecule has 1 aliphatic rings. The normalized spacial score (nSPS) is 18.5. The molecule has 2 heterocycles. The van der Waals surface area contributed by atoms with E-state index in [1.165, 1.54) is 0 Å². The molecule has 1 saturated heterocycles. The van der Waals surface area contributed by atoms with Gasteiger partial charge in [-0.25, -0.2) is 8.42 Å². The van der Waals surface area contributed by atoms with Crippen molar-refractivity contribution in [2.24, 2.45) is 0 Å². The van der Waals surface area contributed by atoms with E-state index >= 15 is 0 Å². The predicted molar refractivity (Wildman–Crippen MR) is 102 cm³/mol. The third kappa shape index (κ3) is 4.22. The number of aromatic nitrogens is 1. The van der Waals surface area contributed by atoms with Gasteiger partial charge in [0, 0.05) is 38.6 Å². The standard InChI is InChI=1S/C19H23N3O3S/c1-21(13-15-6-4-3-5-7-15)19(23)18-12-16(8-10-20-18)22(2)17-9-11-26(24,25)14-17/h3-8,10,12,17H,9,11,13-14H2,1-2H3. The number of rotatable bonds is 5. The summed E-state index contributed by atoms with van der Waals surface area (Å²) in [5.41, 5.74) is 2.21. The Morgan fingerprint density at radius 1 is 1.19 bits per heavy atom. The highest BCUT2D eigenvalue weighted by Crippen LogP contribution is 2.23. The van der Waals surface area contributed by atoms with Gasteiger partial charge < -0.3 is 9.80 Å². The Morgan fingerprint density at radius 2 is 1.92 bits per heavy atom. The van der Waals surface area contributed by atoms with Gasteiger partial charge in [0.25, 0.3) is 5.91 Å². The summed E-state index contributed by atoms with van der Waals surface area (Å²) in [5.74, 6) is 0.213. The van der Waals surface area contributed by atoms with Crippen LogP contribution in [0.5, 0.6) is 0 Å². The van der Waals surface area contributed by atoms with Gasteiger partial charge in [-0.2, -0.15) is 0 Å². The van der Waals surface area contributed by atoms with E-state index < -0.39 is 9.84 Å². The van der Waals surface area contributed by atoms with Crippen molar-refractivity contribution in [3.05, 3.63) is 59.9 Å². The second kappa shape index (κ2) is 7.45. The van der Waals surface area contributed by atoms with Gasteiger partial charge in [0.2, 0.25) is 0 Å². The Balaban J connectivity index is 1.73. The molecule has 138 valence electrons. The first-order valence-electron chi connectivity index (χ1n) is 8.54. The fourth-order valence-corrected chi connectivity index (χ4v) is 4.95. The van der Waals surface area contributed by atoms with Gasteiger partial charge in [0.05, 0.1) is 11.5 Å². The summed E-state index contributed by atoms with van der Waals surface area (Å²) in [7, 11) is 0.655. The summed E-state index contributed by atoms with van der Waals surface area (Å²) < 4.78 is 23.4. The summed E-state index contributed by atoms with van der Waals surface area (Å²) in [6.45, 7) is 0.502. The Bertz CT molecular complexity index is 884. The number of carbonyl (C=O) groups is 1. The van der Waals surface area contributed by atoms with Gasteiger partial charge >= 0.3 is 0 Å². The summed E-state index contributed by atoms with van der Waals surface area (Å²) in [6.07, 6.45) is 2.21. The van der Waals surface area contributed by atoms with Crippen LogP contribution in [0.15, 0.2) is 48.7 Å². The second-order valence-electron chi connectivity index (χ2n) is 6.71. The maximum absolute atomic E-state index is 12.7. The van der Waals surface area contributed by atoms with Gasteiger partial charge in [0.1, 0.15) is 5.69 Å². The zero-order valence-corrected chi connectivity index (χ0v) is 15.8. The van der Waals surface area contributed by atoms with E-state index in [4.69, 9.17) is 0 Å². The van der Waals surface area contributed by atoms with E-state index in [9.17, 15) is 13.2 Å². The Hall–Kier alpha value is -2.41. The van der Waals surface area contributed by atoms with Crippen LogP contribution in [0.1, 0.15) is 22.5 Å². The fraction of sp³-hybridized carbons (Fsp3) is 0.368. The lowest BCUT2D eigenvalue weighted by atomic mass is 10.2. The number of sulfone groups is 1. The molecule has 1 aromatic heterocycles. The van der Waals surface area contributed by atoms with Crippen molar-refractivity contribution < 1.29 is 13.2 Å². The van der Waals surface area contributed by atoms with Gasteiger partial charge in [-0.1, -0.05) is 30.3 Å². The van der Waals surface area contributed by atoms with Crippen molar-refractivity contribution >= 4 is 21.4 Å². The van der Waals surface area contributed by atoms with Crippen molar-refractivity contribution in [3.63, 3.8) is 0 Å². The summed E-state index contributed by atoms with van der Waals surface area (Å²) >= 11 is 0. The van der Waals surface area contributed by atoms with Gasteiger partial charge in [-0.3, -0.25) is 9.78 Å². The lowest BCUT2D eigenvalue weighted by molar-refractivity contribution is 0.0779. The van der Waals surface area contributed by atoms with Crippen LogP contribution in [0.3, 0.4) is 0 Å². The zero-order chi connectivity index (χ0) is 18.7. The third-order valence-corrected chi connectivity index (χ3v) is 6.49. The zero-order valence-electron chi connectivity index (χ0n) is 15.0. The lowest BCUT2D eigenvalue weighted by Gasteiger charge is -2.26. The lowest BCUT2D eigenvalue weighted by Crippen LogP contribution is -2.33. The van der Waals surface area contributed by atoms with Crippen LogP contribution in [0, 0.1) is 0 Å². The Labute approximate surface area is 154 Å². The first-order chi connectivity index (χ1) is 12.4. The highest BCUT2D eigenvalue weighted by molar-refractivity contribution is 7.91. The molecular formula is C19H23N3O3S. The van der Waals surface area contributed by atoms with E-state index in [0.717, 1.165) is 11.3 Å². The van der Waals surface area contributed by atoms with E-state index in [1.54, 1.807) is 30.3 Å². The largest absolute Gasteiger partial charge is 0.370 e. The molecule has 1 aliphatic heterocycles. The minimum Gasteiger partial charge on any atom is -0.370 e. The average Bonchev–Trinajstić information content (AvgIpc) is 3.01. The molecule has 7 heteroatoms. The fourth-order valence-electron chi connectivity index (χ4n) is 3.17. The maximum Gasteiger partial charge on any atom is 0.272 e. The molecule has 0 bridgehead atoms. The third-order valence-electron chi connectivity index (χ3n) is 4.74. The van der Waals surface area contributed by atoms with Crippen LogP contribution >= 0.6 is 0 Å². The smallest absolute Gasteiger partial charge is 0.272 e. The van der Waals surface area contributed by atoms with E-state index in [-0.39, 0.29) is 23.5 Å². The topological polar surface area (TPSA) is 70.6 Å². The molecular weight excluding hydrogens is 350 g/mol. The molecule has 1 unspecified atom stereocenters. The number of pyridine rings is 1. The summed E-state index contributed by atoms with van der Waals surface area (Å²) in [4.78, 5) is 20.5. The number of benzene rings is 1. The van der Waals surface area contributed by atoms with Gasteiger partial charge in [0.15, 0.2) is 9.84 Å². The van der Waals surface area contributed by atoms with Crippen LogP contribution in [-0.2, 0) is 16.4 Å². The number of hydrogen-bond donors (Lipinski definition) is 0. The number of amides is 1. The Kier molecular flexibility index (Phi) is 5.27. The van der Waals surface area contributed by atoms with Crippen molar-refractivity contribution in [3.8, 4) is 0 Å². The molecule has 6 nitrogen and oxygen atoms in total. The van der Waals surface area contributed by atoms with Crippen molar-refractivity contribution in [2.75, 3.05) is 30.5 Å². The van der Waals surface area contributed by atoms with Crippen LogP contribution in [0.2, 0.25) is 0 Å². The first-order valence-corrected chi connectivity index (χ1v) is 10.4. The molecule has 0 radical (unpaired) electrons. The van der Waals surface area contributed by atoms with Crippen LogP contribution in [-0.4, -0.2) is 55.9 Å². The van der Waals surface area contributed by atoms with E-state index in [1.807, 2.05) is 42.3 Å². The van der Waals surface area contributed by atoms with Crippen molar-refractivity contribution in [1.29, 1.82) is 0 Å². The van der Waals surface area contributed by atoms with Crippen LogP contribution < -0.4 is 4.90 Å². The molecule has 0 saturated carbocycles. The quantitative estimate of drug-likeness (QED) is 0.801. The number of carbonyl (C=O) groups excluding carboxylic acids is 1. The Morgan fingerprint density at radius 3 is 2.58 bits per heavy atom. The van der Waals surface area contributed by atoms with Crippen LogP contribution in [0.25, 0.3) is 0 Å². The van der Waals surface area contributed by atoms with Crippen LogP contribution in [0.4, 0.5) is 5.69 Å². The molecule has 1 atom stereocenters. The summed E-state index contributed by atoms with van der Waals surface area (Å²) in [6, 6.07) is 13.2. The predicted octanol–water partition coefficient (Wildman–Crippen LogP) is 1.98. The number of hydrogen-bond acceptors (Lipinski definition) is 5. The van der Waals surface area contributed by atoms with E-state index in [2.05, 4.69) is 4.98 Å². The first kappa shape index (κ1) is 18.4. The number of nitrogens with zero attached hydrogens (tertiary/aromatic N) is 3. The van der Waals surface area contributed by atoms with Gasteiger partial charge in [-0.05, 0) is 24.1 Å². The minimum atomic E-state index is -2.96. The molecule has 1 aromatic carbocycles. The molecule has 0 N–H and O–H groups in total.